The molecule has 2 amide bonds. The van der Waals surface area contributed by atoms with Crippen LogP contribution in [0.15, 0.2) is 0 Å². The Hall–Kier alpha value is -1.63. The number of rotatable bonds is 11. The van der Waals surface area contributed by atoms with Crippen LogP contribution in [0.1, 0.15) is 60.8 Å². The lowest BCUT2D eigenvalue weighted by Gasteiger charge is -2.24. The van der Waals surface area contributed by atoms with Crippen LogP contribution in [0.5, 0.6) is 0 Å². The molecule has 0 saturated heterocycles. The number of carbonyl (C=O) groups excluding carboxylic acids is 2. The Bertz CT molecular complexity index is 450. The van der Waals surface area contributed by atoms with E-state index in [0.29, 0.717) is 25.2 Å². The van der Waals surface area contributed by atoms with Crippen LogP contribution >= 0.6 is 0 Å². The molecule has 0 saturated carbocycles. The van der Waals surface area contributed by atoms with Crippen LogP contribution in [0.3, 0.4) is 0 Å². The number of carboxylic acid groups (broad SMARTS) is 1. The molecule has 0 aliphatic rings. The molecule has 7 heteroatoms. The fourth-order valence-corrected chi connectivity index (χ4v) is 2.63. The Balaban J connectivity index is 5.02. The summed E-state index contributed by atoms with van der Waals surface area (Å²) in [5, 5.41) is 14.6. The normalized spacial score (nSPS) is 15.1. The number of hydrogen-bond donors (Lipinski definition) is 4. The third kappa shape index (κ3) is 10.1. The molecule has 6 N–H and O–H groups in total. The maximum absolute atomic E-state index is 12.5. The van der Waals surface area contributed by atoms with Crippen molar-refractivity contribution in [3.05, 3.63) is 0 Å². The van der Waals surface area contributed by atoms with Gasteiger partial charge in [0.15, 0.2) is 6.04 Å². The van der Waals surface area contributed by atoms with Crippen LogP contribution in [0, 0.1) is 17.8 Å². The van der Waals surface area contributed by atoms with Gasteiger partial charge in [-0.2, -0.15) is 0 Å². The smallest absolute Gasteiger partial charge is 0.326 e. The van der Waals surface area contributed by atoms with Gasteiger partial charge in [-0.25, -0.2) is 4.79 Å². The van der Waals surface area contributed by atoms with Crippen molar-refractivity contribution in [3.8, 4) is 0 Å². The molecule has 0 aromatic rings. The van der Waals surface area contributed by atoms with Crippen molar-refractivity contribution < 1.29 is 25.2 Å². The molecule has 0 spiro atoms. The molecule has 3 atom stereocenters. The van der Waals surface area contributed by atoms with Crippen LogP contribution in [-0.4, -0.2) is 41.0 Å². The summed E-state index contributed by atoms with van der Waals surface area (Å²) >= 11 is 0. The number of nitrogens with one attached hydrogen (secondary N) is 2. The summed E-state index contributed by atoms with van der Waals surface area (Å²) < 4.78 is 0. The van der Waals surface area contributed by atoms with E-state index < -0.39 is 30.0 Å². The molecule has 0 aromatic heterocycles. The third-order valence-corrected chi connectivity index (χ3v) is 3.79. The van der Waals surface area contributed by atoms with Gasteiger partial charge in [-0.1, -0.05) is 41.5 Å². The number of carbonyl (C=O) groups is 3. The van der Waals surface area contributed by atoms with Gasteiger partial charge in [0.2, 0.25) is 5.91 Å². The van der Waals surface area contributed by atoms with E-state index in [4.69, 9.17) is 0 Å². The van der Waals surface area contributed by atoms with Crippen LogP contribution in [0.2, 0.25) is 0 Å². The highest BCUT2D eigenvalue weighted by Crippen LogP contribution is 2.09. The molecule has 3 unspecified atom stereocenters. The summed E-state index contributed by atoms with van der Waals surface area (Å²) in [6.45, 7) is 11.7. The molecule has 0 fully saturated rings. The summed E-state index contributed by atoms with van der Waals surface area (Å²) in [7, 11) is 0. The van der Waals surface area contributed by atoms with Gasteiger partial charge in [0.1, 0.15) is 12.1 Å². The maximum Gasteiger partial charge on any atom is 0.326 e. The minimum atomic E-state index is -1.06. The van der Waals surface area contributed by atoms with Crippen molar-refractivity contribution in [3.63, 3.8) is 0 Å². The predicted molar refractivity (Wildman–Crippen MR) is 96.5 cm³/mol. The van der Waals surface area contributed by atoms with Crippen molar-refractivity contribution in [1.29, 1.82) is 0 Å². The highest BCUT2D eigenvalue weighted by Gasteiger charge is 2.29. The lowest BCUT2D eigenvalue weighted by molar-refractivity contribution is -0.406. The minimum Gasteiger partial charge on any atom is -0.480 e. The standard InChI is InChI=1S/C18H35N3O4/c1-10(2)7-13(19)16(22)20-14(8-11(3)4)17(23)21-15(18(24)25)9-12(5)6/h10-15H,7-9,19H2,1-6H3,(H,20,22)(H,21,23)(H,24,25)/p+1. The van der Waals surface area contributed by atoms with Gasteiger partial charge >= 0.3 is 5.97 Å². The SMILES string of the molecule is CC(C)CC([NH3+])C(=O)NC(CC(C)C)C(=O)NC(CC(C)C)C(=O)O. The van der Waals surface area contributed by atoms with Gasteiger partial charge in [0.25, 0.3) is 5.91 Å². The molecule has 0 aliphatic heterocycles. The first-order valence-corrected chi connectivity index (χ1v) is 9.10. The zero-order valence-corrected chi connectivity index (χ0v) is 16.5. The van der Waals surface area contributed by atoms with Crippen molar-refractivity contribution in [2.75, 3.05) is 0 Å². The summed E-state index contributed by atoms with van der Waals surface area (Å²) in [5.41, 5.74) is 3.86. The molecule has 0 radical (unpaired) electrons. The van der Waals surface area contributed by atoms with Crippen molar-refractivity contribution in [1.82, 2.24) is 10.6 Å². The Morgan fingerprint density at radius 3 is 1.56 bits per heavy atom. The second kappa shape index (κ2) is 11.1. The second-order valence-corrected chi connectivity index (χ2v) is 8.05. The molecule has 0 heterocycles. The molecule has 146 valence electrons. The van der Waals surface area contributed by atoms with Crippen molar-refractivity contribution >= 4 is 17.8 Å². The maximum atomic E-state index is 12.5. The van der Waals surface area contributed by atoms with Gasteiger partial charge in [0.05, 0.1) is 0 Å². The van der Waals surface area contributed by atoms with E-state index in [1.54, 1.807) is 0 Å². The Kier molecular flexibility index (Phi) is 10.4. The molecular weight excluding hydrogens is 322 g/mol. The first-order valence-electron chi connectivity index (χ1n) is 9.10. The van der Waals surface area contributed by atoms with E-state index in [0.717, 1.165) is 0 Å². The van der Waals surface area contributed by atoms with Crippen molar-refractivity contribution in [2.24, 2.45) is 17.8 Å². The van der Waals surface area contributed by atoms with Gasteiger partial charge in [-0.3, -0.25) is 9.59 Å². The molecule has 0 aliphatic carbocycles. The summed E-state index contributed by atoms with van der Waals surface area (Å²) in [6.07, 6.45) is 1.42. The van der Waals surface area contributed by atoms with E-state index in [9.17, 15) is 19.5 Å². The predicted octanol–water partition coefficient (Wildman–Crippen LogP) is 0.789. The lowest BCUT2D eigenvalue weighted by atomic mass is 9.99. The number of amides is 2. The summed E-state index contributed by atoms with van der Waals surface area (Å²) in [5.74, 6) is -1.15. The average molecular weight is 359 g/mol. The first kappa shape index (κ1) is 23.4. The highest BCUT2D eigenvalue weighted by atomic mass is 16.4. The molecule has 0 rings (SSSR count). The molecular formula is C18H36N3O4+. The van der Waals surface area contributed by atoms with Crippen LogP contribution in [-0.2, 0) is 14.4 Å². The summed E-state index contributed by atoms with van der Waals surface area (Å²) in [6, 6.07) is -2.14. The van der Waals surface area contributed by atoms with E-state index >= 15 is 0 Å². The third-order valence-electron chi connectivity index (χ3n) is 3.79. The van der Waals surface area contributed by atoms with E-state index in [-0.39, 0.29) is 17.7 Å². The number of hydrogen-bond acceptors (Lipinski definition) is 3. The van der Waals surface area contributed by atoms with Crippen LogP contribution in [0.4, 0.5) is 0 Å². The molecule has 25 heavy (non-hydrogen) atoms. The fourth-order valence-electron chi connectivity index (χ4n) is 2.63. The summed E-state index contributed by atoms with van der Waals surface area (Å²) in [4.78, 5) is 36.2. The fraction of sp³-hybridized carbons (Fsp3) is 0.833. The topological polar surface area (TPSA) is 123 Å². The second-order valence-electron chi connectivity index (χ2n) is 8.05. The van der Waals surface area contributed by atoms with E-state index in [1.165, 1.54) is 0 Å². The van der Waals surface area contributed by atoms with Gasteiger partial charge in [-0.15, -0.1) is 0 Å². The lowest BCUT2D eigenvalue weighted by Crippen LogP contribution is -2.69. The van der Waals surface area contributed by atoms with Gasteiger partial charge in [-0.05, 0) is 30.6 Å². The average Bonchev–Trinajstić information content (AvgIpc) is 2.43. The van der Waals surface area contributed by atoms with Gasteiger partial charge in [0, 0.05) is 6.42 Å². The Morgan fingerprint density at radius 1 is 0.760 bits per heavy atom. The highest BCUT2D eigenvalue weighted by molar-refractivity contribution is 5.91. The Morgan fingerprint density at radius 2 is 1.16 bits per heavy atom. The number of carboxylic acids is 1. The van der Waals surface area contributed by atoms with E-state index in [1.807, 2.05) is 41.5 Å². The first-order chi connectivity index (χ1) is 11.4. The zero-order valence-electron chi connectivity index (χ0n) is 16.5. The number of aliphatic carboxylic acids is 1. The molecule has 7 nitrogen and oxygen atoms in total. The quantitative estimate of drug-likeness (QED) is 0.436. The van der Waals surface area contributed by atoms with Crippen molar-refractivity contribution in [2.45, 2.75) is 78.9 Å². The molecule has 0 aromatic carbocycles. The largest absolute Gasteiger partial charge is 0.480 e. The zero-order chi connectivity index (χ0) is 19.7. The Labute approximate surface area is 151 Å². The molecule has 0 bridgehead atoms. The monoisotopic (exact) mass is 358 g/mol. The van der Waals surface area contributed by atoms with Crippen LogP contribution in [0.25, 0.3) is 0 Å². The van der Waals surface area contributed by atoms with Gasteiger partial charge < -0.3 is 21.5 Å². The van der Waals surface area contributed by atoms with Crippen LogP contribution < -0.4 is 16.4 Å². The number of quaternary nitrogens is 1. The minimum absolute atomic E-state index is 0.134. The van der Waals surface area contributed by atoms with E-state index in [2.05, 4.69) is 16.4 Å².